The summed E-state index contributed by atoms with van der Waals surface area (Å²) in [7, 11) is 0. The Balaban J connectivity index is 1.48. The third kappa shape index (κ3) is 3.14. The number of nitriles is 1. The standard InChI is InChI=1S/C20H16N4O4/c21-13-15-11-16(24(26)27)5-6-17(15)22-7-9-23(10-8-22)20(25)19-12-14-3-1-2-4-18(14)28-19/h1-6,11-12H,7-10H2. The molecule has 1 amide bonds. The third-order valence-electron chi connectivity index (χ3n) is 4.86. The lowest BCUT2D eigenvalue weighted by Gasteiger charge is -2.36. The highest BCUT2D eigenvalue weighted by atomic mass is 16.6. The number of fused-ring (bicyclic) bond motifs is 1. The largest absolute Gasteiger partial charge is 0.451 e. The molecule has 28 heavy (non-hydrogen) atoms. The summed E-state index contributed by atoms with van der Waals surface area (Å²) in [6, 6.07) is 15.5. The zero-order chi connectivity index (χ0) is 19.7. The van der Waals surface area contributed by atoms with Crippen LogP contribution >= 0.6 is 0 Å². The van der Waals surface area contributed by atoms with Crippen LogP contribution in [0.2, 0.25) is 0 Å². The SMILES string of the molecule is N#Cc1cc([N+](=O)[O-])ccc1N1CCN(C(=O)c2cc3ccccc3o2)CC1. The van der Waals surface area contributed by atoms with Crippen LogP contribution in [0.1, 0.15) is 16.1 Å². The molecule has 1 fully saturated rings. The monoisotopic (exact) mass is 376 g/mol. The van der Waals surface area contributed by atoms with Crippen molar-refractivity contribution in [2.75, 3.05) is 31.1 Å². The summed E-state index contributed by atoms with van der Waals surface area (Å²) in [4.78, 5) is 26.8. The molecule has 2 heterocycles. The summed E-state index contributed by atoms with van der Waals surface area (Å²) in [6.45, 7) is 1.99. The quantitative estimate of drug-likeness (QED) is 0.514. The number of furan rings is 1. The first-order valence-electron chi connectivity index (χ1n) is 8.78. The number of piperazine rings is 1. The molecule has 2 aromatic carbocycles. The summed E-state index contributed by atoms with van der Waals surface area (Å²) in [6.07, 6.45) is 0. The van der Waals surface area contributed by atoms with Gasteiger partial charge in [-0.1, -0.05) is 18.2 Å². The van der Waals surface area contributed by atoms with Crippen LogP contribution in [0.3, 0.4) is 0 Å². The Labute approximate surface area is 160 Å². The van der Waals surface area contributed by atoms with Crippen molar-refractivity contribution in [3.63, 3.8) is 0 Å². The van der Waals surface area contributed by atoms with Gasteiger partial charge in [0.05, 0.1) is 16.2 Å². The lowest BCUT2D eigenvalue weighted by atomic mass is 10.1. The zero-order valence-corrected chi connectivity index (χ0v) is 14.9. The topological polar surface area (TPSA) is 104 Å². The highest BCUT2D eigenvalue weighted by molar-refractivity contribution is 5.96. The van der Waals surface area contributed by atoms with Gasteiger partial charge in [0.1, 0.15) is 11.7 Å². The van der Waals surface area contributed by atoms with Crippen LogP contribution in [0.4, 0.5) is 11.4 Å². The first-order valence-corrected chi connectivity index (χ1v) is 8.78. The van der Waals surface area contributed by atoms with Gasteiger partial charge < -0.3 is 14.2 Å². The number of anilines is 1. The van der Waals surface area contributed by atoms with Crippen LogP contribution in [0.15, 0.2) is 52.9 Å². The second-order valence-corrected chi connectivity index (χ2v) is 6.50. The summed E-state index contributed by atoms with van der Waals surface area (Å²) in [5.74, 6) is 0.141. The van der Waals surface area contributed by atoms with Crippen molar-refractivity contribution in [2.45, 2.75) is 0 Å². The molecule has 1 aromatic heterocycles. The molecule has 140 valence electrons. The minimum absolute atomic E-state index is 0.112. The van der Waals surface area contributed by atoms with Crippen molar-refractivity contribution in [1.29, 1.82) is 5.26 Å². The number of nitro benzene ring substituents is 1. The van der Waals surface area contributed by atoms with Gasteiger partial charge in [-0.3, -0.25) is 14.9 Å². The fourth-order valence-corrected chi connectivity index (χ4v) is 3.40. The Morgan fingerprint density at radius 2 is 1.86 bits per heavy atom. The Bertz CT molecular complexity index is 1070. The first kappa shape index (κ1) is 17.5. The Hall–Kier alpha value is -3.86. The third-order valence-corrected chi connectivity index (χ3v) is 4.86. The number of carbonyl (C=O) groups excluding carboxylic acids is 1. The van der Waals surface area contributed by atoms with Crippen molar-refractivity contribution in [1.82, 2.24) is 4.90 Å². The molecule has 0 aliphatic carbocycles. The van der Waals surface area contributed by atoms with Crippen LogP contribution in [0, 0.1) is 21.4 Å². The van der Waals surface area contributed by atoms with E-state index in [1.54, 1.807) is 17.0 Å². The van der Waals surface area contributed by atoms with E-state index >= 15 is 0 Å². The molecule has 8 heteroatoms. The van der Waals surface area contributed by atoms with Gasteiger partial charge in [0.2, 0.25) is 0 Å². The average molecular weight is 376 g/mol. The van der Waals surface area contributed by atoms with Gasteiger partial charge in [-0.2, -0.15) is 5.26 Å². The van der Waals surface area contributed by atoms with Crippen molar-refractivity contribution >= 4 is 28.3 Å². The smallest absolute Gasteiger partial charge is 0.289 e. The van der Waals surface area contributed by atoms with Crippen LogP contribution in [0.25, 0.3) is 11.0 Å². The summed E-state index contributed by atoms with van der Waals surface area (Å²) >= 11 is 0. The molecule has 0 bridgehead atoms. The van der Waals surface area contributed by atoms with Gasteiger partial charge in [0.25, 0.3) is 11.6 Å². The van der Waals surface area contributed by atoms with Crippen LogP contribution < -0.4 is 4.90 Å². The number of carbonyl (C=O) groups is 1. The van der Waals surface area contributed by atoms with E-state index < -0.39 is 4.92 Å². The highest BCUT2D eigenvalue weighted by Crippen LogP contribution is 2.26. The van der Waals surface area contributed by atoms with Gasteiger partial charge in [-0.25, -0.2) is 0 Å². The highest BCUT2D eigenvalue weighted by Gasteiger charge is 2.26. The minimum atomic E-state index is -0.519. The molecule has 8 nitrogen and oxygen atoms in total. The fourth-order valence-electron chi connectivity index (χ4n) is 3.40. The van der Waals surface area contributed by atoms with E-state index in [0.29, 0.717) is 43.2 Å². The maximum atomic E-state index is 12.7. The van der Waals surface area contributed by atoms with E-state index in [9.17, 15) is 20.2 Å². The lowest BCUT2D eigenvalue weighted by Crippen LogP contribution is -2.49. The van der Waals surface area contributed by atoms with Gasteiger partial charge in [0, 0.05) is 43.7 Å². The Morgan fingerprint density at radius 1 is 1.11 bits per heavy atom. The number of nitrogens with zero attached hydrogens (tertiary/aromatic N) is 4. The number of para-hydroxylation sites is 1. The average Bonchev–Trinajstić information content (AvgIpc) is 3.17. The van der Waals surface area contributed by atoms with Crippen molar-refractivity contribution in [3.8, 4) is 6.07 Å². The molecule has 1 aliphatic rings. The summed E-state index contributed by atoms with van der Waals surface area (Å²) < 4.78 is 5.65. The molecule has 0 atom stereocenters. The zero-order valence-electron chi connectivity index (χ0n) is 14.9. The Morgan fingerprint density at radius 3 is 2.54 bits per heavy atom. The van der Waals surface area contributed by atoms with Crippen molar-refractivity contribution < 1.29 is 14.1 Å². The number of benzene rings is 2. The predicted octanol–water partition coefficient (Wildman–Crippen LogP) is 3.18. The van der Waals surface area contributed by atoms with Crippen molar-refractivity contribution in [3.05, 3.63) is 70.0 Å². The number of hydrogen-bond donors (Lipinski definition) is 0. The van der Waals surface area contributed by atoms with E-state index in [0.717, 1.165) is 5.39 Å². The number of non-ortho nitro benzene ring substituents is 1. The van der Waals surface area contributed by atoms with E-state index in [2.05, 4.69) is 0 Å². The summed E-state index contributed by atoms with van der Waals surface area (Å²) in [5, 5.41) is 21.1. The second-order valence-electron chi connectivity index (χ2n) is 6.50. The normalized spacial score (nSPS) is 14.1. The first-order chi connectivity index (χ1) is 13.6. The van der Waals surface area contributed by atoms with Gasteiger partial charge in [0.15, 0.2) is 5.76 Å². The van der Waals surface area contributed by atoms with Gasteiger partial charge in [-0.15, -0.1) is 0 Å². The maximum Gasteiger partial charge on any atom is 0.289 e. The van der Waals surface area contributed by atoms with Gasteiger partial charge >= 0.3 is 0 Å². The second kappa shape index (κ2) is 7.04. The number of amides is 1. The number of nitro groups is 1. The molecule has 0 saturated carbocycles. The van der Waals surface area contributed by atoms with E-state index in [-0.39, 0.29) is 17.2 Å². The minimum Gasteiger partial charge on any atom is -0.451 e. The fraction of sp³-hybridized carbons (Fsp3) is 0.200. The van der Waals surface area contributed by atoms with E-state index in [1.807, 2.05) is 35.2 Å². The summed E-state index contributed by atoms with van der Waals surface area (Å²) in [5.41, 5.74) is 1.46. The van der Waals surface area contributed by atoms with E-state index in [4.69, 9.17) is 4.42 Å². The molecular weight excluding hydrogens is 360 g/mol. The molecule has 4 rings (SSSR count). The number of hydrogen-bond acceptors (Lipinski definition) is 6. The number of rotatable bonds is 3. The van der Waals surface area contributed by atoms with Crippen molar-refractivity contribution in [2.24, 2.45) is 0 Å². The predicted molar refractivity (Wildman–Crippen MR) is 102 cm³/mol. The molecule has 0 N–H and O–H groups in total. The van der Waals surface area contributed by atoms with Crippen LogP contribution in [-0.4, -0.2) is 41.9 Å². The maximum absolute atomic E-state index is 12.7. The molecule has 0 spiro atoms. The van der Waals surface area contributed by atoms with Crippen LogP contribution in [0.5, 0.6) is 0 Å². The molecule has 1 aliphatic heterocycles. The molecule has 3 aromatic rings. The lowest BCUT2D eigenvalue weighted by molar-refractivity contribution is -0.384. The molecule has 0 unspecified atom stereocenters. The molecule has 0 radical (unpaired) electrons. The van der Waals surface area contributed by atoms with Gasteiger partial charge in [-0.05, 0) is 18.2 Å². The Kier molecular flexibility index (Phi) is 4.41. The molecular formula is C20H16N4O4. The van der Waals surface area contributed by atoms with E-state index in [1.165, 1.54) is 12.1 Å². The van der Waals surface area contributed by atoms with Crippen LogP contribution in [-0.2, 0) is 0 Å². The molecule has 1 saturated heterocycles.